The number of nitrogens with zero attached hydrogens (tertiary/aromatic N) is 2. The second-order valence-corrected chi connectivity index (χ2v) is 7.72. The van der Waals surface area contributed by atoms with Crippen LogP contribution in [0.25, 0.3) is 6.08 Å². The van der Waals surface area contributed by atoms with Gasteiger partial charge in [-0.1, -0.05) is 25.1 Å². The van der Waals surface area contributed by atoms with Crippen LogP contribution in [0.15, 0.2) is 45.7 Å². The minimum Gasteiger partial charge on any atom is -0.493 e. The van der Waals surface area contributed by atoms with Crippen LogP contribution in [0.5, 0.6) is 11.5 Å². The van der Waals surface area contributed by atoms with Gasteiger partial charge in [-0.3, -0.25) is 4.98 Å². The predicted octanol–water partition coefficient (Wildman–Crippen LogP) is 3.65. The van der Waals surface area contributed by atoms with E-state index in [4.69, 9.17) is 9.47 Å². The highest BCUT2D eigenvalue weighted by Gasteiger charge is 2.16. The summed E-state index contributed by atoms with van der Waals surface area (Å²) in [6.45, 7) is 2.44. The molecule has 1 heterocycles. The van der Waals surface area contributed by atoms with Gasteiger partial charge >= 0.3 is 0 Å². The molecule has 0 aliphatic heterocycles. The minimum atomic E-state index is -3.87. The van der Waals surface area contributed by atoms with Crippen LogP contribution in [0, 0.1) is 0 Å². The van der Waals surface area contributed by atoms with Crippen LogP contribution in [0.4, 0.5) is 0 Å². The van der Waals surface area contributed by atoms with E-state index in [0.717, 1.165) is 30.5 Å². The summed E-state index contributed by atoms with van der Waals surface area (Å²) in [5.74, 6) is 0.866. The van der Waals surface area contributed by atoms with Crippen molar-refractivity contribution >= 4 is 22.3 Å². The molecule has 0 unspecified atom stereocenters. The Morgan fingerprint density at radius 3 is 2.85 bits per heavy atom. The number of fused-ring (bicyclic) bond motifs is 1. The average molecular weight is 386 g/mol. The third-order valence-corrected chi connectivity index (χ3v) is 5.33. The van der Waals surface area contributed by atoms with Crippen LogP contribution in [0.3, 0.4) is 0 Å². The number of methoxy groups -OCH3 is 1. The molecule has 0 bridgehead atoms. The van der Waals surface area contributed by atoms with Gasteiger partial charge in [0, 0.05) is 11.8 Å². The molecule has 0 saturated carbocycles. The highest BCUT2D eigenvalue weighted by molar-refractivity contribution is 7.90. The lowest BCUT2D eigenvalue weighted by molar-refractivity contribution is 0.293. The first kappa shape index (κ1) is 19.1. The zero-order valence-corrected chi connectivity index (χ0v) is 16.2. The molecule has 27 heavy (non-hydrogen) atoms. The van der Waals surface area contributed by atoms with E-state index in [1.165, 1.54) is 25.5 Å². The fraction of sp³-hybridized carbons (Fsp3) is 0.300. The fourth-order valence-electron chi connectivity index (χ4n) is 2.71. The predicted molar refractivity (Wildman–Crippen MR) is 105 cm³/mol. The molecule has 1 aliphatic carbocycles. The molecule has 0 N–H and O–H groups in total. The Kier molecular flexibility index (Phi) is 5.91. The van der Waals surface area contributed by atoms with Gasteiger partial charge in [0.15, 0.2) is 11.5 Å². The van der Waals surface area contributed by atoms with Gasteiger partial charge in [0.05, 0.1) is 30.5 Å². The first-order valence-electron chi connectivity index (χ1n) is 8.81. The minimum absolute atomic E-state index is 0.0477. The Bertz CT molecular complexity index is 981. The second kappa shape index (κ2) is 8.35. The van der Waals surface area contributed by atoms with Crippen molar-refractivity contribution in [3.8, 4) is 11.5 Å². The summed E-state index contributed by atoms with van der Waals surface area (Å²) in [4.78, 5) is 4.53. The largest absolute Gasteiger partial charge is 0.493 e. The Morgan fingerprint density at radius 1 is 1.22 bits per heavy atom. The SMILES string of the molecule is CCCOc1cc(S(=O)(=O)/N=C/c2ccc3c(n2)CCC=C3)ccc1OC. The van der Waals surface area contributed by atoms with Gasteiger partial charge in [0.1, 0.15) is 0 Å². The Hall–Kier alpha value is -2.67. The van der Waals surface area contributed by atoms with Crippen molar-refractivity contribution in [3.05, 3.63) is 53.4 Å². The maximum absolute atomic E-state index is 12.6. The number of hydrogen-bond acceptors (Lipinski definition) is 5. The molecule has 0 radical (unpaired) electrons. The van der Waals surface area contributed by atoms with Crippen molar-refractivity contribution in [2.24, 2.45) is 4.40 Å². The molecule has 3 rings (SSSR count). The molecule has 0 amide bonds. The number of hydrogen-bond donors (Lipinski definition) is 0. The third kappa shape index (κ3) is 4.54. The van der Waals surface area contributed by atoms with Crippen molar-refractivity contribution in [1.29, 1.82) is 0 Å². The zero-order chi connectivity index (χ0) is 19.3. The fourth-order valence-corrected chi connectivity index (χ4v) is 3.57. The third-order valence-electron chi connectivity index (χ3n) is 4.09. The maximum atomic E-state index is 12.6. The van der Waals surface area contributed by atoms with Crippen LogP contribution >= 0.6 is 0 Å². The second-order valence-electron chi connectivity index (χ2n) is 6.08. The summed E-state index contributed by atoms with van der Waals surface area (Å²) < 4.78 is 39.8. The number of sulfonamides is 1. The van der Waals surface area contributed by atoms with Gasteiger partial charge in [0.25, 0.3) is 10.0 Å². The Balaban J connectivity index is 1.86. The van der Waals surface area contributed by atoms with Gasteiger partial charge in [-0.25, -0.2) is 0 Å². The van der Waals surface area contributed by atoms with E-state index in [0.29, 0.717) is 23.8 Å². The molecule has 142 valence electrons. The Morgan fingerprint density at radius 2 is 2.07 bits per heavy atom. The highest BCUT2D eigenvalue weighted by atomic mass is 32.2. The molecule has 1 aromatic heterocycles. The van der Waals surface area contributed by atoms with Crippen LogP contribution in [0.1, 0.15) is 36.7 Å². The first-order chi connectivity index (χ1) is 13.0. The van der Waals surface area contributed by atoms with Crippen molar-refractivity contribution in [2.45, 2.75) is 31.1 Å². The number of pyridine rings is 1. The van der Waals surface area contributed by atoms with E-state index in [-0.39, 0.29) is 4.90 Å². The maximum Gasteiger partial charge on any atom is 0.282 e. The van der Waals surface area contributed by atoms with Gasteiger partial charge in [-0.15, -0.1) is 0 Å². The van der Waals surface area contributed by atoms with Gasteiger partial charge < -0.3 is 9.47 Å². The highest BCUT2D eigenvalue weighted by Crippen LogP contribution is 2.30. The molecule has 6 nitrogen and oxygen atoms in total. The van der Waals surface area contributed by atoms with Crippen LogP contribution in [0.2, 0.25) is 0 Å². The van der Waals surface area contributed by atoms with E-state index >= 15 is 0 Å². The van der Waals surface area contributed by atoms with Crippen molar-refractivity contribution in [3.63, 3.8) is 0 Å². The number of ether oxygens (including phenoxy) is 2. The van der Waals surface area contributed by atoms with Gasteiger partial charge in [-0.05, 0) is 43.0 Å². The molecular weight excluding hydrogens is 364 g/mol. The molecule has 0 atom stereocenters. The van der Waals surface area contributed by atoms with Crippen LogP contribution in [-0.2, 0) is 16.4 Å². The van der Waals surface area contributed by atoms with Crippen molar-refractivity contribution in [2.75, 3.05) is 13.7 Å². The lowest BCUT2D eigenvalue weighted by Crippen LogP contribution is -2.04. The number of aromatic nitrogens is 1. The van der Waals surface area contributed by atoms with Crippen molar-refractivity contribution < 1.29 is 17.9 Å². The zero-order valence-electron chi connectivity index (χ0n) is 15.4. The summed E-state index contributed by atoms with van der Waals surface area (Å²) in [5, 5.41) is 0. The van der Waals surface area contributed by atoms with Gasteiger partial charge in [0.2, 0.25) is 0 Å². The van der Waals surface area contributed by atoms with E-state index in [1.807, 2.05) is 19.1 Å². The molecule has 2 aromatic rings. The molecule has 7 heteroatoms. The van der Waals surface area contributed by atoms with E-state index in [9.17, 15) is 8.42 Å². The van der Waals surface area contributed by atoms with E-state index in [1.54, 1.807) is 12.1 Å². The van der Waals surface area contributed by atoms with E-state index in [2.05, 4.69) is 15.5 Å². The summed E-state index contributed by atoms with van der Waals surface area (Å²) in [7, 11) is -2.36. The van der Waals surface area contributed by atoms with E-state index < -0.39 is 10.0 Å². The lowest BCUT2D eigenvalue weighted by Gasteiger charge is -2.11. The number of allylic oxidation sites excluding steroid dienone is 1. The lowest BCUT2D eigenvalue weighted by atomic mass is 10.0. The number of aryl methyl sites for hydroxylation is 1. The average Bonchev–Trinajstić information content (AvgIpc) is 2.70. The molecule has 1 aromatic carbocycles. The van der Waals surface area contributed by atoms with Crippen LogP contribution in [-0.4, -0.2) is 33.3 Å². The number of rotatable bonds is 7. The summed E-state index contributed by atoms with van der Waals surface area (Å²) in [5.41, 5.74) is 2.54. The summed E-state index contributed by atoms with van der Waals surface area (Å²) in [6.07, 6.45) is 7.99. The smallest absolute Gasteiger partial charge is 0.282 e. The molecule has 0 fully saturated rings. The molecule has 1 aliphatic rings. The molecule has 0 saturated heterocycles. The van der Waals surface area contributed by atoms with Crippen molar-refractivity contribution in [1.82, 2.24) is 4.98 Å². The number of benzene rings is 1. The monoisotopic (exact) mass is 386 g/mol. The topological polar surface area (TPSA) is 77.9 Å². The quantitative estimate of drug-likeness (QED) is 0.679. The summed E-state index contributed by atoms with van der Waals surface area (Å²) in [6, 6.07) is 8.14. The van der Waals surface area contributed by atoms with Gasteiger partial charge in [-0.2, -0.15) is 12.8 Å². The van der Waals surface area contributed by atoms with Crippen LogP contribution < -0.4 is 9.47 Å². The Labute approximate surface area is 159 Å². The standard InChI is InChI=1S/C20H22N2O4S/c1-3-12-26-20-13-17(10-11-19(20)25-2)27(23,24)21-14-16-9-8-15-6-4-5-7-18(15)22-16/h4,6,8-11,13-14H,3,5,7,12H2,1-2H3/b21-14+. The molecule has 0 spiro atoms. The normalized spacial score (nSPS) is 13.6. The molecular formula is C20H22N2O4S. The summed E-state index contributed by atoms with van der Waals surface area (Å²) >= 11 is 0. The first-order valence-corrected chi connectivity index (χ1v) is 10.2.